The van der Waals surface area contributed by atoms with Gasteiger partial charge in [0.15, 0.2) is 5.58 Å². The van der Waals surface area contributed by atoms with E-state index >= 15 is 0 Å². The number of oxazole rings is 1. The standard InChI is InChI=1S/C13H15N3O4/c17-6-5-15(9-1-2-9)8-13-14-11-7-10(16(18)19)3-4-12(11)20-13/h3-4,7,9,17H,1-2,5-6,8H2. The highest BCUT2D eigenvalue weighted by molar-refractivity contribution is 5.75. The Bertz CT molecular complexity index is 636. The van der Waals surface area contributed by atoms with Crippen LogP contribution in [-0.2, 0) is 6.54 Å². The predicted octanol–water partition coefficient (Wildman–Crippen LogP) is 1.69. The minimum Gasteiger partial charge on any atom is -0.439 e. The Labute approximate surface area is 115 Å². The highest BCUT2D eigenvalue weighted by Crippen LogP contribution is 2.29. The summed E-state index contributed by atoms with van der Waals surface area (Å²) in [6.45, 7) is 1.21. The monoisotopic (exact) mass is 277 g/mol. The highest BCUT2D eigenvalue weighted by atomic mass is 16.6. The molecule has 1 N–H and O–H groups in total. The fourth-order valence-electron chi connectivity index (χ4n) is 2.28. The fraction of sp³-hybridized carbons (Fsp3) is 0.462. The third-order valence-corrected chi connectivity index (χ3v) is 3.42. The Morgan fingerprint density at radius 2 is 2.30 bits per heavy atom. The van der Waals surface area contributed by atoms with Crippen LogP contribution in [0.1, 0.15) is 18.7 Å². The number of aromatic nitrogens is 1. The van der Waals surface area contributed by atoms with Crippen LogP contribution in [0.25, 0.3) is 11.1 Å². The molecule has 1 aliphatic rings. The van der Waals surface area contributed by atoms with Gasteiger partial charge in [-0.3, -0.25) is 15.0 Å². The lowest BCUT2D eigenvalue weighted by molar-refractivity contribution is -0.384. The molecular weight excluding hydrogens is 262 g/mol. The first-order chi connectivity index (χ1) is 9.67. The van der Waals surface area contributed by atoms with E-state index in [1.165, 1.54) is 12.1 Å². The largest absolute Gasteiger partial charge is 0.439 e. The molecule has 106 valence electrons. The lowest BCUT2D eigenvalue weighted by Crippen LogP contribution is -2.28. The van der Waals surface area contributed by atoms with Crippen LogP contribution >= 0.6 is 0 Å². The van der Waals surface area contributed by atoms with Crippen LogP contribution in [0.2, 0.25) is 0 Å². The summed E-state index contributed by atoms with van der Waals surface area (Å²) in [5.74, 6) is 0.529. The lowest BCUT2D eigenvalue weighted by atomic mass is 10.3. The third kappa shape index (κ3) is 2.63. The molecule has 20 heavy (non-hydrogen) atoms. The quantitative estimate of drug-likeness (QED) is 0.638. The Kier molecular flexibility index (Phi) is 3.37. The molecular formula is C13H15N3O4. The van der Waals surface area contributed by atoms with E-state index in [0.717, 1.165) is 12.8 Å². The Morgan fingerprint density at radius 1 is 1.50 bits per heavy atom. The third-order valence-electron chi connectivity index (χ3n) is 3.42. The molecule has 1 saturated carbocycles. The summed E-state index contributed by atoms with van der Waals surface area (Å²) in [7, 11) is 0. The summed E-state index contributed by atoms with van der Waals surface area (Å²) in [4.78, 5) is 16.7. The minimum absolute atomic E-state index is 0.00626. The molecule has 0 saturated heterocycles. The second kappa shape index (κ2) is 5.18. The van der Waals surface area contributed by atoms with E-state index in [9.17, 15) is 10.1 Å². The number of rotatable bonds is 6. The molecule has 1 fully saturated rings. The first-order valence-corrected chi connectivity index (χ1v) is 6.56. The van der Waals surface area contributed by atoms with Gasteiger partial charge in [0.25, 0.3) is 5.69 Å². The van der Waals surface area contributed by atoms with E-state index in [1.807, 2.05) is 0 Å². The minimum atomic E-state index is -0.448. The number of aliphatic hydroxyl groups is 1. The molecule has 0 amide bonds. The summed E-state index contributed by atoms with van der Waals surface area (Å²) in [6.07, 6.45) is 2.26. The second-order valence-electron chi connectivity index (χ2n) is 4.94. The molecule has 0 atom stereocenters. The number of nitrogens with zero attached hydrogens (tertiary/aromatic N) is 3. The molecule has 0 aliphatic heterocycles. The van der Waals surface area contributed by atoms with Crippen LogP contribution in [0.3, 0.4) is 0 Å². The van der Waals surface area contributed by atoms with Gasteiger partial charge < -0.3 is 9.52 Å². The molecule has 7 nitrogen and oxygen atoms in total. The number of benzene rings is 1. The molecule has 0 unspecified atom stereocenters. The Morgan fingerprint density at radius 3 is 2.95 bits per heavy atom. The maximum atomic E-state index is 10.7. The van der Waals surface area contributed by atoms with E-state index in [4.69, 9.17) is 9.52 Å². The second-order valence-corrected chi connectivity index (χ2v) is 4.94. The Balaban J connectivity index is 1.82. The van der Waals surface area contributed by atoms with Gasteiger partial charge in [-0.1, -0.05) is 0 Å². The number of non-ortho nitro benzene ring substituents is 1. The van der Waals surface area contributed by atoms with Gasteiger partial charge in [0.2, 0.25) is 5.89 Å². The van der Waals surface area contributed by atoms with Gasteiger partial charge in [-0.05, 0) is 18.9 Å². The topological polar surface area (TPSA) is 92.6 Å². The van der Waals surface area contributed by atoms with E-state index in [-0.39, 0.29) is 12.3 Å². The van der Waals surface area contributed by atoms with Gasteiger partial charge >= 0.3 is 0 Å². The van der Waals surface area contributed by atoms with Crippen molar-refractivity contribution in [2.24, 2.45) is 0 Å². The van der Waals surface area contributed by atoms with Crippen molar-refractivity contribution in [3.05, 3.63) is 34.2 Å². The first-order valence-electron chi connectivity index (χ1n) is 6.56. The van der Waals surface area contributed by atoms with E-state index < -0.39 is 4.92 Å². The lowest BCUT2D eigenvalue weighted by Gasteiger charge is -2.18. The van der Waals surface area contributed by atoms with Crippen molar-refractivity contribution < 1.29 is 14.4 Å². The SMILES string of the molecule is O=[N+]([O-])c1ccc2oc(CN(CCO)C3CC3)nc2c1. The van der Waals surface area contributed by atoms with Crippen molar-refractivity contribution in [3.63, 3.8) is 0 Å². The molecule has 0 bridgehead atoms. The van der Waals surface area contributed by atoms with Crippen LogP contribution in [0.4, 0.5) is 5.69 Å². The van der Waals surface area contributed by atoms with Crippen molar-refractivity contribution in [1.29, 1.82) is 0 Å². The van der Waals surface area contributed by atoms with Gasteiger partial charge in [0, 0.05) is 24.7 Å². The van der Waals surface area contributed by atoms with Crippen molar-refractivity contribution in [3.8, 4) is 0 Å². The number of aliphatic hydroxyl groups excluding tert-OH is 1. The molecule has 0 radical (unpaired) electrons. The number of fused-ring (bicyclic) bond motifs is 1. The smallest absolute Gasteiger partial charge is 0.271 e. The van der Waals surface area contributed by atoms with Crippen molar-refractivity contribution >= 4 is 16.8 Å². The number of hydrogen-bond acceptors (Lipinski definition) is 6. The van der Waals surface area contributed by atoms with E-state index in [2.05, 4.69) is 9.88 Å². The van der Waals surface area contributed by atoms with Gasteiger partial charge in [-0.25, -0.2) is 4.98 Å². The average Bonchev–Trinajstić information content (AvgIpc) is 3.18. The maximum Gasteiger partial charge on any atom is 0.271 e. The molecule has 2 aromatic rings. The van der Waals surface area contributed by atoms with Crippen molar-refractivity contribution in [2.75, 3.05) is 13.2 Å². The van der Waals surface area contributed by atoms with Crippen LogP contribution in [0, 0.1) is 10.1 Å². The molecule has 1 aromatic carbocycles. The molecule has 1 aliphatic carbocycles. The molecule has 7 heteroatoms. The zero-order chi connectivity index (χ0) is 14.1. The average molecular weight is 277 g/mol. The van der Waals surface area contributed by atoms with Crippen LogP contribution < -0.4 is 0 Å². The normalized spacial score (nSPS) is 15.1. The van der Waals surface area contributed by atoms with Gasteiger partial charge in [0.1, 0.15) is 5.52 Å². The molecule has 1 heterocycles. The van der Waals surface area contributed by atoms with Crippen LogP contribution in [0.5, 0.6) is 0 Å². The maximum absolute atomic E-state index is 10.7. The van der Waals surface area contributed by atoms with Crippen LogP contribution in [-0.4, -0.2) is 39.1 Å². The zero-order valence-electron chi connectivity index (χ0n) is 10.9. The number of nitro benzene ring substituents is 1. The van der Waals surface area contributed by atoms with Crippen LogP contribution in [0.15, 0.2) is 22.6 Å². The summed E-state index contributed by atoms with van der Waals surface area (Å²) >= 11 is 0. The first kappa shape index (κ1) is 13.0. The number of hydrogen-bond donors (Lipinski definition) is 1. The summed E-state index contributed by atoms with van der Waals surface area (Å²) in [5, 5.41) is 19.8. The summed E-state index contributed by atoms with van der Waals surface area (Å²) in [6, 6.07) is 4.88. The Hall–Kier alpha value is -1.99. The van der Waals surface area contributed by atoms with Gasteiger partial charge in [-0.2, -0.15) is 0 Å². The zero-order valence-corrected chi connectivity index (χ0v) is 10.9. The molecule has 1 aromatic heterocycles. The molecule has 3 rings (SSSR count). The van der Waals surface area contributed by atoms with E-state index in [1.54, 1.807) is 6.07 Å². The fourth-order valence-corrected chi connectivity index (χ4v) is 2.28. The van der Waals surface area contributed by atoms with E-state index in [0.29, 0.717) is 36.1 Å². The van der Waals surface area contributed by atoms with Gasteiger partial charge in [0.05, 0.1) is 18.1 Å². The predicted molar refractivity (Wildman–Crippen MR) is 71.2 cm³/mol. The number of nitro groups is 1. The summed E-state index contributed by atoms with van der Waals surface area (Å²) in [5.41, 5.74) is 1.05. The highest BCUT2D eigenvalue weighted by Gasteiger charge is 2.29. The molecule has 0 spiro atoms. The van der Waals surface area contributed by atoms with Crippen molar-refractivity contribution in [1.82, 2.24) is 9.88 Å². The van der Waals surface area contributed by atoms with Crippen molar-refractivity contribution in [2.45, 2.75) is 25.4 Å². The van der Waals surface area contributed by atoms with Gasteiger partial charge in [-0.15, -0.1) is 0 Å². The summed E-state index contributed by atoms with van der Waals surface area (Å²) < 4.78 is 5.60.